The molecule has 2 aliphatic rings. The first-order chi connectivity index (χ1) is 19.8. The first kappa shape index (κ1) is 29.3. The number of piperidine rings is 1. The number of methoxy groups -OCH3 is 1. The number of hydrogen-bond donors (Lipinski definition) is 1. The number of benzene rings is 2. The number of ether oxygens (including phenoxy) is 3. The fourth-order valence-electron chi connectivity index (χ4n) is 5.77. The third-order valence-electron chi connectivity index (χ3n) is 7.61. The van der Waals surface area contributed by atoms with E-state index in [-0.39, 0.29) is 52.4 Å². The largest absolute Gasteiger partial charge is 0.492 e. The number of nitrogens with zero attached hydrogens (tertiary/aromatic N) is 2. The lowest BCUT2D eigenvalue weighted by atomic mass is 10.1. The highest BCUT2D eigenvalue weighted by Crippen LogP contribution is 2.54. The molecule has 2 aromatic carbocycles. The van der Waals surface area contributed by atoms with Gasteiger partial charge in [-0.2, -0.15) is 0 Å². The molecule has 3 aromatic rings. The predicted molar refractivity (Wildman–Crippen MR) is 149 cm³/mol. The monoisotopic (exact) mass is 587 g/mol. The van der Waals surface area contributed by atoms with Crippen LogP contribution in [0.5, 0.6) is 5.75 Å². The highest BCUT2D eigenvalue weighted by Gasteiger charge is 2.56. The zero-order valence-corrected chi connectivity index (χ0v) is 23.9. The average molecular weight is 588 g/mol. The van der Waals surface area contributed by atoms with Crippen molar-refractivity contribution >= 4 is 28.7 Å². The number of carbonyl (C=O) groups is 2. The summed E-state index contributed by atoms with van der Waals surface area (Å²) in [5, 5.41) is 2.56. The Bertz CT molecular complexity index is 1620. The van der Waals surface area contributed by atoms with Gasteiger partial charge in [0.15, 0.2) is 11.6 Å². The Hall–Kier alpha value is -4.22. The molecule has 0 radical (unpaired) electrons. The zero-order valence-electron chi connectivity index (χ0n) is 23.9. The summed E-state index contributed by atoms with van der Waals surface area (Å²) in [6.45, 7) is 8.22. The van der Waals surface area contributed by atoms with Gasteiger partial charge < -0.3 is 29.0 Å². The van der Waals surface area contributed by atoms with Crippen molar-refractivity contribution in [2.75, 3.05) is 38.3 Å². The first-order valence-electron chi connectivity index (χ1n) is 13.6. The van der Waals surface area contributed by atoms with Crippen molar-refractivity contribution in [1.29, 1.82) is 0 Å². The number of amides is 1. The molecule has 9 nitrogen and oxygen atoms in total. The number of alkyl carbamates (subject to hydrolysis) is 1. The highest BCUT2D eigenvalue weighted by molar-refractivity contribution is 5.98. The smallest absolute Gasteiger partial charge is 0.407 e. The van der Waals surface area contributed by atoms with E-state index in [1.807, 2.05) is 0 Å². The van der Waals surface area contributed by atoms with Crippen LogP contribution in [0.15, 0.2) is 35.3 Å². The van der Waals surface area contributed by atoms with Crippen LogP contribution in [-0.2, 0) is 9.47 Å². The van der Waals surface area contributed by atoms with Crippen LogP contribution in [0.4, 0.5) is 23.7 Å². The van der Waals surface area contributed by atoms with Gasteiger partial charge in [-0.05, 0) is 63.6 Å². The molecule has 1 saturated heterocycles. The summed E-state index contributed by atoms with van der Waals surface area (Å²) >= 11 is 0. The minimum atomic E-state index is -0.967. The Morgan fingerprint density at radius 2 is 1.76 bits per heavy atom. The van der Waals surface area contributed by atoms with Crippen LogP contribution in [0, 0.1) is 35.2 Å². The van der Waals surface area contributed by atoms with Crippen molar-refractivity contribution in [3.8, 4) is 11.4 Å². The topological polar surface area (TPSA) is 99.1 Å². The van der Waals surface area contributed by atoms with E-state index in [1.165, 1.54) is 11.7 Å². The second-order valence-corrected chi connectivity index (χ2v) is 11.5. The molecule has 224 valence electrons. The van der Waals surface area contributed by atoms with E-state index < -0.39 is 46.1 Å². The van der Waals surface area contributed by atoms with Crippen LogP contribution in [-0.4, -0.2) is 55.6 Å². The van der Waals surface area contributed by atoms with E-state index >= 15 is 8.78 Å². The van der Waals surface area contributed by atoms with Crippen molar-refractivity contribution in [1.82, 2.24) is 9.88 Å². The fraction of sp³-hybridized carbons (Fsp3) is 0.433. The van der Waals surface area contributed by atoms with Gasteiger partial charge in [-0.25, -0.2) is 22.8 Å². The molecule has 1 saturated carbocycles. The average Bonchev–Trinajstić information content (AvgIpc) is 3.35. The number of nitrogens with one attached hydrogen (secondary N) is 1. The molecule has 0 bridgehead atoms. The number of aromatic nitrogens is 1. The molecule has 5 rings (SSSR count). The Labute approximate surface area is 240 Å². The summed E-state index contributed by atoms with van der Waals surface area (Å²) in [5.41, 5.74) is -1.95. The molecule has 1 aliphatic carbocycles. The minimum Gasteiger partial charge on any atom is -0.492 e. The summed E-state index contributed by atoms with van der Waals surface area (Å²) in [7, 11) is 1.30. The molecule has 1 aromatic heterocycles. The first-order valence-corrected chi connectivity index (χ1v) is 13.6. The van der Waals surface area contributed by atoms with E-state index in [9.17, 15) is 18.8 Å². The number of carbonyl (C=O) groups excluding carboxylic acids is 2. The maximum Gasteiger partial charge on any atom is 0.407 e. The molecular weight excluding hydrogens is 555 g/mol. The summed E-state index contributed by atoms with van der Waals surface area (Å²) < 4.78 is 61.8. The number of hydrogen-bond acceptors (Lipinski definition) is 7. The third-order valence-corrected chi connectivity index (χ3v) is 7.61. The summed E-state index contributed by atoms with van der Waals surface area (Å²) in [6.07, 6.45) is 0.600. The Balaban J connectivity index is 1.53. The number of esters is 1. The number of rotatable bonds is 7. The van der Waals surface area contributed by atoms with Crippen molar-refractivity contribution in [3.63, 3.8) is 0 Å². The van der Waals surface area contributed by atoms with Gasteiger partial charge in [-0.1, -0.05) is 0 Å². The molecule has 42 heavy (non-hydrogen) atoms. The quantitative estimate of drug-likeness (QED) is 0.397. The third kappa shape index (κ3) is 5.37. The van der Waals surface area contributed by atoms with Gasteiger partial charge in [0.05, 0.1) is 24.8 Å². The summed E-state index contributed by atoms with van der Waals surface area (Å²) in [5.74, 6) is -2.98. The predicted octanol–water partition coefficient (Wildman–Crippen LogP) is 4.80. The van der Waals surface area contributed by atoms with Crippen LogP contribution < -0.4 is 20.4 Å². The van der Waals surface area contributed by atoms with Crippen molar-refractivity contribution in [3.05, 3.63) is 63.7 Å². The van der Waals surface area contributed by atoms with Crippen LogP contribution in [0.1, 0.15) is 38.1 Å². The highest BCUT2D eigenvalue weighted by atomic mass is 19.1. The van der Waals surface area contributed by atoms with Gasteiger partial charge in [0.25, 0.3) is 0 Å². The Morgan fingerprint density at radius 3 is 2.36 bits per heavy atom. The number of halogens is 3. The fourth-order valence-corrected chi connectivity index (χ4v) is 5.77. The molecule has 2 fully saturated rings. The van der Waals surface area contributed by atoms with Crippen LogP contribution in [0.3, 0.4) is 0 Å². The van der Waals surface area contributed by atoms with E-state index in [1.54, 1.807) is 32.6 Å². The normalized spacial score (nSPS) is 19.4. The Kier molecular flexibility index (Phi) is 7.59. The molecule has 0 spiro atoms. The van der Waals surface area contributed by atoms with Crippen LogP contribution in [0.25, 0.3) is 16.6 Å². The lowest BCUT2D eigenvalue weighted by molar-refractivity contribution is 0.0513. The number of fused-ring (bicyclic) bond motifs is 2. The van der Waals surface area contributed by atoms with Crippen molar-refractivity contribution in [2.24, 2.45) is 17.8 Å². The van der Waals surface area contributed by atoms with Gasteiger partial charge >= 0.3 is 12.1 Å². The molecule has 12 heteroatoms. The van der Waals surface area contributed by atoms with Crippen molar-refractivity contribution in [2.45, 2.75) is 33.3 Å². The molecule has 2 heterocycles. The standard InChI is InChI=1S/C30H32F3N3O6/c1-6-41-28(38)20-14-36(23-8-7-15(31)9-21(23)32)24-16(26(20)37)10-22(33)25(27(24)40-5)35-12-18-17(19(18)13-35)11-34-29(39)42-30(2,3)4/h7-10,14,17-19H,6,11-13H2,1-5H3,(H,34,39)/t17?,18-,19+. The molecule has 1 aliphatic heterocycles. The van der Waals surface area contributed by atoms with E-state index in [0.29, 0.717) is 25.7 Å². The minimum absolute atomic E-state index is 0.0150. The maximum atomic E-state index is 15.8. The molecule has 1 unspecified atom stereocenters. The SMILES string of the molecule is CCOC(=O)c1cn(-c2ccc(F)cc2F)c2c(OC)c(N3C[C@@H]4C(CNC(=O)OC(C)(C)C)[C@@H]4C3)c(F)cc2c1=O. The molecular formula is C30H32F3N3O6. The Morgan fingerprint density at radius 1 is 1.07 bits per heavy atom. The van der Waals surface area contributed by atoms with E-state index in [2.05, 4.69) is 5.32 Å². The lowest BCUT2D eigenvalue weighted by Gasteiger charge is -2.27. The van der Waals surface area contributed by atoms with Gasteiger partial charge in [-0.15, -0.1) is 0 Å². The zero-order chi connectivity index (χ0) is 30.5. The van der Waals surface area contributed by atoms with Gasteiger partial charge in [-0.3, -0.25) is 4.79 Å². The molecule has 3 atom stereocenters. The summed E-state index contributed by atoms with van der Waals surface area (Å²) in [4.78, 5) is 39.9. The summed E-state index contributed by atoms with van der Waals surface area (Å²) in [6, 6.07) is 3.85. The van der Waals surface area contributed by atoms with Gasteiger partial charge in [0, 0.05) is 31.9 Å². The van der Waals surface area contributed by atoms with Gasteiger partial charge in [0.2, 0.25) is 5.43 Å². The van der Waals surface area contributed by atoms with Crippen LogP contribution in [0.2, 0.25) is 0 Å². The van der Waals surface area contributed by atoms with E-state index in [0.717, 1.165) is 24.4 Å². The second kappa shape index (κ2) is 10.9. The number of anilines is 1. The molecule has 1 amide bonds. The number of pyridine rings is 1. The van der Waals surface area contributed by atoms with Crippen LogP contribution >= 0.6 is 0 Å². The lowest BCUT2D eigenvalue weighted by Crippen LogP contribution is -2.35. The molecule has 1 N–H and O–H groups in total. The maximum absolute atomic E-state index is 15.8. The second-order valence-electron chi connectivity index (χ2n) is 11.5. The van der Waals surface area contributed by atoms with Crippen molar-refractivity contribution < 1.29 is 37.0 Å². The van der Waals surface area contributed by atoms with E-state index in [4.69, 9.17) is 14.2 Å². The van der Waals surface area contributed by atoms with Gasteiger partial charge in [0.1, 0.15) is 34.0 Å².